The van der Waals surface area contributed by atoms with Crippen LogP contribution in [0.15, 0.2) is 36.1 Å². The molecule has 0 saturated carbocycles. The van der Waals surface area contributed by atoms with Gasteiger partial charge in [-0.15, -0.1) is 11.3 Å². The Kier molecular flexibility index (Phi) is 4.64. The maximum Gasteiger partial charge on any atom is 0.115 e. The van der Waals surface area contributed by atoms with E-state index >= 15 is 0 Å². The number of thiophene rings is 1. The standard InChI is InChI=1S/C13H17N3S/c1-2-6-15-13(9-11-4-3-8-17-11)12-5-7-14-10-16-12/h3-5,7-8,10,13,15H,2,6,9H2,1H3. The van der Waals surface area contributed by atoms with Gasteiger partial charge in [0, 0.05) is 17.5 Å². The average Bonchev–Trinajstić information content (AvgIpc) is 2.88. The van der Waals surface area contributed by atoms with Gasteiger partial charge in [-0.2, -0.15) is 0 Å². The smallest absolute Gasteiger partial charge is 0.115 e. The molecule has 0 spiro atoms. The summed E-state index contributed by atoms with van der Waals surface area (Å²) in [5, 5.41) is 5.66. The van der Waals surface area contributed by atoms with Gasteiger partial charge in [0.15, 0.2) is 0 Å². The maximum atomic E-state index is 4.34. The normalized spacial score (nSPS) is 12.5. The van der Waals surface area contributed by atoms with Crippen molar-refractivity contribution < 1.29 is 0 Å². The number of rotatable bonds is 6. The van der Waals surface area contributed by atoms with Gasteiger partial charge in [0.25, 0.3) is 0 Å². The Morgan fingerprint density at radius 2 is 2.35 bits per heavy atom. The van der Waals surface area contributed by atoms with Gasteiger partial charge in [-0.25, -0.2) is 9.97 Å². The van der Waals surface area contributed by atoms with E-state index in [0.717, 1.165) is 25.1 Å². The third-order valence-corrected chi connectivity index (χ3v) is 3.49. The summed E-state index contributed by atoms with van der Waals surface area (Å²) in [6.07, 6.45) is 5.54. The summed E-state index contributed by atoms with van der Waals surface area (Å²) in [6, 6.07) is 6.54. The molecular formula is C13H17N3S. The van der Waals surface area contributed by atoms with Gasteiger partial charge in [-0.3, -0.25) is 0 Å². The maximum absolute atomic E-state index is 4.34. The summed E-state index contributed by atoms with van der Waals surface area (Å²) in [6.45, 7) is 3.19. The minimum absolute atomic E-state index is 0.289. The molecule has 0 aliphatic carbocycles. The van der Waals surface area contributed by atoms with Gasteiger partial charge in [0.05, 0.1) is 11.7 Å². The topological polar surface area (TPSA) is 37.8 Å². The predicted octanol–water partition coefficient (Wildman–Crippen LogP) is 2.82. The van der Waals surface area contributed by atoms with Crippen molar-refractivity contribution in [1.29, 1.82) is 0 Å². The first kappa shape index (κ1) is 12.2. The summed E-state index contributed by atoms with van der Waals surface area (Å²) in [7, 11) is 0. The van der Waals surface area contributed by atoms with Gasteiger partial charge >= 0.3 is 0 Å². The molecule has 0 fully saturated rings. The van der Waals surface area contributed by atoms with Crippen molar-refractivity contribution in [3.8, 4) is 0 Å². The van der Waals surface area contributed by atoms with Gasteiger partial charge in [-0.05, 0) is 30.5 Å². The van der Waals surface area contributed by atoms with E-state index in [0.29, 0.717) is 0 Å². The third kappa shape index (κ3) is 3.61. The highest BCUT2D eigenvalue weighted by Crippen LogP contribution is 2.19. The van der Waals surface area contributed by atoms with Crippen molar-refractivity contribution >= 4 is 11.3 Å². The molecule has 17 heavy (non-hydrogen) atoms. The molecule has 0 bridgehead atoms. The van der Waals surface area contributed by atoms with E-state index in [1.807, 2.05) is 6.07 Å². The number of hydrogen-bond acceptors (Lipinski definition) is 4. The van der Waals surface area contributed by atoms with Gasteiger partial charge in [-0.1, -0.05) is 13.0 Å². The Morgan fingerprint density at radius 3 is 3.00 bits per heavy atom. The SMILES string of the molecule is CCCNC(Cc1cccs1)c1ccncn1. The Hall–Kier alpha value is -1.26. The Labute approximate surface area is 106 Å². The van der Waals surface area contributed by atoms with E-state index in [2.05, 4.69) is 39.7 Å². The Bertz CT molecular complexity index is 413. The second-order valence-corrected chi connectivity index (χ2v) is 4.96. The fraction of sp³-hybridized carbons (Fsp3) is 0.385. The minimum atomic E-state index is 0.289. The molecule has 2 aromatic rings. The van der Waals surface area contributed by atoms with Crippen LogP contribution in [0.1, 0.15) is 30.0 Å². The molecule has 2 heterocycles. The molecule has 0 aromatic carbocycles. The summed E-state index contributed by atoms with van der Waals surface area (Å²) in [4.78, 5) is 9.70. The van der Waals surface area contributed by atoms with E-state index in [1.165, 1.54) is 4.88 Å². The van der Waals surface area contributed by atoms with E-state index in [9.17, 15) is 0 Å². The first-order valence-corrected chi connectivity index (χ1v) is 6.79. The van der Waals surface area contributed by atoms with Gasteiger partial charge < -0.3 is 5.32 Å². The summed E-state index contributed by atoms with van der Waals surface area (Å²) in [5.41, 5.74) is 1.07. The van der Waals surface area contributed by atoms with Crippen LogP contribution in [0.5, 0.6) is 0 Å². The van der Waals surface area contributed by atoms with Crippen LogP contribution in [0, 0.1) is 0 Å². The summed E-state index contributed by atoms with van der Waals surface area (Å²) in [5.74, 6) is 0. The molecule has 3 nitrogen and oxygen atoms in total. The first-order chi connectivity index (χ1) is 8.40. The monoisotopic (exact) mass is 247 g/mol. The number of aromatic nitrogens is 2. The van der Waals surface area contributed by atoms with Crippen LogP contribution in [-0.4, -0.2) is 16.5 Å². The van der Waals surface area contributed by atoms with Crippen LogP contribution in [-0.2, 0) is 6.42 Å². The van der Waals surface area contributed by atoms with Crippen LogP contribution in [0.2, 0.25) is 0 Å². The lowest BCUT2D eigenvalue weighted by molar-refractivity contribution is 0.519. The van der Waals surface area contributed by atoms with Gasteiger partial charge in [0.1, 0.15) is 6.33 Å². The van der Waals surface area contributed by atoms with Gasteiger partial charge in [0.2, 0.25) is 0 Å². The lowest BCUT2D eigenvalue weighted by Crippen LogP contribution is -2.24. The van der Waals surface area contributed by atoms with E-state index < -0.39 is 0 Å². The number of nitrogens with zero attached hydrogens (tertiary/aromatic N) is 2. The molecule has 90 valence electrons. The average molecular weight is 247 g/mol. The van der Waals surface area contributed by atoms with Crippen molar-refractivity contribution in [2.45, 2.75) is 25.8 Å². The molecule has 1 atom stereocenters. The quantitative estimate of drug-likeness (QED) is 0.853. The van der Waals surface area contributed by atoms with Crippen molar-refractivity contribution in [3.63, 3.8) is 0 Å². The van der Waals surface area contributed by atoms with Crippen LogP contribution in [0.4, 0.5) is 0 Å². The molecule has 0 saturated heterocycles. The largest absolute Gasteiger partial charge is 0.308 e. The molecule has 0 amide bonds. The molecular weight excluding hydrogens is 230 g/mol. The predicted molar refractivity (Wildman–Crippen MR) is 71.1 cm³/mol. The van der Waals surface area contributed by atoms with Crippen LogP contribution in [0.3, 0.4) is 0 Å². The lowest BCUT2D eigenvalue weighted by atomic mass is 10.1. The lowest BCUT2D eigenvalue weighted by Gasteiger charge is -2.16. The van der Waals surface area contributed by atoms with Crippen molar-refractivity contribution in [2.75, 3.05) is 6.54 Å². The summed E-state index contributed by atoms with van der Waals surface area (Å²) >= 11 is 1.80. The number of nitrogens with one attached hydrogen (secondary N) is 1. The Morgan fingerprint density at radius 1 is 1.41 bits per heavy atom. The van der Waals surface area contributed by atoms with Crippen molar-refractivity contribution in [2.24, 2.45) is 0 Å². The second-order valence-electron chi connectivity index (χ2n) is 3.92. The highest BCUT2D eigenvalue weighted by Gasteiger charge is 2.12. The van der Waals surface area contributed by atoms with Crippen molar-refractivity contribution in [3.05, 3.63) is 46.7 Å². The third-order valence-electron chi connectivity index (χ3n) is 2.59. The zero-order chi connectivity index (χ0) is 11.9. The highest BCUT2D eigenvalue weighted by atomic mass is 32.1. The summed E-state index contributed by atoms with van der Waals surface area (Å²) < 4.78 is 0. The second kappa shape index (κ2) is 6.47. The van der Waals surface area contributed by atoms with E-state index in [-0.39, 0.29) is 6.04 Å². The molecule has 1 unspecified atom stereocenters. The zero-order valence-corrected chi connectivity index (χ0v) is 10.8. The molecule has 4 heteroatoms. The first-order valence-electron chi connectivity index (χ1n) is 5.92. The molecule has 0 aliphatic rings. The molecule has 2 rings (SSSR count). The van der Waals surface area contributed by atoms with Crippen LogP contribution in [0.25, 0.3) is 0 Å². The molecule has 2 aromatic heterocycles. The molecule has 0 radical (unpaired) electrons. The van der Waals surface area contributed by atoms with Crippen molar-refractivity contribution in [1.82, 2.24) is 15.3 Å². The Balaban J connectivity index is 2.08. The van der Waals surface area contributed by atoms with E-state index in [1.54, 1.807) is 23.9 Å². The van der Waals surface area contributed by atoms with Crippen LogP contribution < -0.4 is 5.32 Å². The fourth-order valence-electron chi connectivity index (χ4n) is 1.74. The minimum Gasteiger partial charge on any atom is -0.308 e. The highest BCUT2D eigenvalue weighted by molar-refractivity contribution is 7.09. The number of hydrogen-bond donors (Lipinski definition) is 1. The van der Waals surface area contributed by atoms with Crippen LogP contribution >= 0.6 is 11.3 Å². The molecule has 1 N–H and O–H groups in total. The molecule has 0 aliphatic heterocycles. The fourth-order valence-corrected chi connectivity index (χ4v) is 2.49. The van der Waals surface area contributed by atoms with E-state index in [4.69, 9.17) is 0 Å². The zero-order valence-electron chi connectivity index (χ0n) is 9.97.